The van der Waals surface area contributed by atoms with E-state index in [2.05, 4.69) is 54.9 Å². The number of anilines is 1. The lowest BCUT2D eigenvalue weighted by Gasteiger charge is -2.38. The van der Waals surface area contributed by atoms with Crippen LogP contribution in [0.25, 0.3) is 5.65 Å². The molecule has 39 heavy (non-hydrogen) atoms. The second-order valence-electron chi connectivity index (χ2n) is 12.8. The fourth-order valence-electron chi connectivity index (χ4n) is 3.72. The maximum absolute atomic E-state index is 11.3. The molecule has 0 spiro atoms. The Hall–Kier alpha value is -2.52. The zero-order chi connectivity index (χ0) is 30.6. The molecule has 9 heteroatoms. The van der Waals surface area contributed by atoms with Gasteiger partial charge in [-0.15, -0.1) is 0 Å². The summed E-state index contributed by atoms with van der Waals surface area (Å²) in [6.45, 7) is 25.1. The van der Waals surface area contributed by atoms with Crippen LogP contribution in [0.5, 0.6) is 0 Å². The molecule has 2 aromatic rings. The molecule has 0 aliphatic carbocycles. The number of carboxylic acids is 1. The molecule has 1 saturated heterocycles. The van der Waals surface area contributed by atoms with Gasteiger partial charge in [0.2, 0.25) is 0 Å². The third kappa shape index (κ3) is 14.4. The molecular weight excluding hydrogens is 494 g/mol. The molecule has 1 aliphatic rings. The zero-order valence-corrected chi connectivity index (χ0v) is 26.6. The molecule has 0 atom stereocenters. The molecule has 0 bridgehead atoms. The maximum atomic E-state index is 11.3. The fraction of sp³-hybridized carbons (Fsp3) is 0.733. The molecule has 1 fully saturated rings. The minimum absolute atomic E-state index is 0.111. The molecule has 1 aliphatic heterocycles. The SMILES string of the molecule is CC.CC(C)(C)O.CNCCC(C)(C)C.Cc1nc2cc(C=O)nn2c(N2CCC(C)(C)CC2)c1CC(=O)O. The summed E-state index contributed by atoms with van der Waals surface area (Å²) in [6, 6.07) is 1.63. The number of aldehydes is 1. The highest BCUT2D eigenvalue weighted by molar-refractivity contribution is 5.77. The lowest BCUT2D eigenvalue weighted by atomic mass is 9.82. The van der Waals surface area contributed by atoms with Gasteiger partial charge in [-0.2, -0.15) is 9.61 Å². The first-order valence-corrected chi connectivity index (χ1v) is 14.0. The number of nitrogens with one attached hydrogen (secondary N) is 1. The first-order valence-electron chi connectivity index (χ1n) is 14.0. The Morgan fingerprint density at radius 1 is 1.13 bits per heavy atom. The summed E-state index contributed by atoms with van der Waals surface area (Å²) in [5.74, 6) is -0.149. The molecule has 0 saturated carbocycles. The Labute approximate surface area is 236 Å². The van der Waals surface area contributed by atoms with Crippen molar-refractivity contribution in [3.05, 3.63) is 23.0 Å². The minimum atomic E-state index is -0.902. The number of aryl methyl sites for hydroxylation is 1. The van der Waals surface area contributed by atoms with E-state index in [1.54, 1.807) is 31.4 Å². The highest BCUT2D eigenvalue weighted by atomic mass is 16.4. The van der Waals surface area contributed by atoms with Crippen LogP contribution in [0, 0.1) is 17.8 Å². The van der Waals surface area contributed by atoms with E-state index >= 15 is 0 Å². The third-order valence-electron chi connectivity index (χ3n) is 5.89. The highest BCUT2D eigenvalue weighted by Gasteiger charge is 2.29. The monoisotopic (exact) mass is 549 g/mol. The minimum Gasteiger partial charge on any atom is -0.481 e. The summed E-state index contributed by atoms with van der Waals surface area (Å²) in [5, 5.41) is 25.2. The van der Waals surface area contributed by atoms with Gasteiger partial charge < -0.3 is 20.4 Å². The molecule has 3 heterocycles. The van der Waals surface area contributed by atoms with Gasteiger partial charge in [-0.3, -0.25) is 9.59 Å². The van der Waals surface area contributed by atoms with E-state index in [0.29, 0.717) is 34.3 Å². The molecule has 0 amide bonds. The molecule has 2 aromatic heterocycles. The average molecular weight is 550 g/mol. The van der Waals surface area contributed by atoms with E-state index < -0.39 is 11.6 Å². The van der Waals surface area contributed by atoms with Crippen molar-refractivity contribution in [1.82, 2.24) is 19.9 Å². The number of carbonyl (C=O) groups excluding carboxylic acids is 1. The van der Waals surface area contributed by atoms with E-state index in [9.17, 15) is 14.7 Å². The lowest BCUT2D eigenvalue weighted by Crippen LogP contribution is -2.39. The second kappa shape index (κ2) is 15.9. The average Bonchev–Trinajstić information content (AvgIpc) is 3.21. The Kier molecular flexibility index (Phi) is 14.9. The van der Waals surface area contributed by atoms with Gasteiger partial charge in [0.15, 0.2) is 11.9 Å². The van der Waals surface area contributed by atoms with E-state index in [0.717, 1.165) is 38.3 Å². The zero-order valence-electron chi connectivity index (χ0n) is 26.6. The van der Waals surface area contributed by atoms with Gasteiger partial charge in [-0.05, 0) is 71.4 Å². The molecule has 0 radical (unpaired) electrons. The molecule has 0 unspecified atom stereocenters. The van der Waals surface area contributed by atoms with Crippen LogP contribution in [0.1, 0.15) is 110 Å². The van der Waals surface area contributed by atoms with Crippen LogP contribution in [-0.2, 0) is 11.2 Å². The Morgan fingerprint density at radius 3 is 2.03 bits per heavy atom. The molecule has 9 nitrogen and oxygen atoms in total. The summed E-state index contributed by atoms with van der Waals surface area (Å²) >= 11 is 0. The number of hydrogen-bond donors (Lipinski definition) is 3. The largest absolute Gasteiger partial charge is 0.481 e. The van der Waals surface area contributed by atoms with E-state index in [1.165, 1.54) is 6.42 Å². The van der Waals surface area contributed by atoms with Gasteiger partial charge in [-0.25, -0.2) is 4.98 Å². The van der Waals surface area contributed by atoms with Crippen molar-refractivity contribution in [1.29, 1.82) is 0 Å². The van der Waals surface area contributed by atoms with Crippen LogP contribution >= 0.6 is 0 Å². The number of fused-ring (bicyclic) bond motifs is 1. The standard InChI is InChI=1S/C17H22N4O3.C7H17N.C4H10O.C2H6/c1-11-13(9-15(23)24)16(20-6-4-17(2,3)5-7-20)21-14(18-11)8-12(10-22)19-21;1-7(2,3)5-6-8-4;1-4(2,3)5;1-2/h8,10H,4-7,9H2,1-3H3,(H,23,24);8H,5-6H2,1-4H3;5H,1-3H3;1-2H3. The fourth-order valence-corrected chi connectivity index (χ4v) is 3.72. The topological polar surface area (TPSA) is 120 Å². The summed E-state index contributed by atoms with van der Waals surface area (Å²) in [7, 11) is 1.99. The molecule has 3 rings (SSSR count). The van der Waals surface area contributed by atoms with Crippen LogP contribution in [0.4, 0.5) is 5.82 Å². The summed E-state index contributed by atoms with van der Waals surface area (Å²) in [4.78, 5) is 29.0. The van der Waals surface area contributed by atoms with Crippen LogP contribution < -0.4 is 10.2 Å². The van der Waals surface area contributed by atoms with Crippen LogP contribution in [-0.4, -0.2) is 69.3 Å². The van der Waals surface area contributed by atoms with Crippen LogP contribution in [0.3, 0.4) is 0 Å². The summed E-state index contributed by atoms with van der Waals surface area (Å²) in [6.07, 6.45) is 3.86. The van der Waals surface area contributed by atoms with Gasteiger partial charge in [0, 0.05) is 30.4 Å². The van der Waals surface area contributed by atoms with E-state index in [-0.39, 0.29) is 11.8 Å². The maximum Gasteiger partial charge on any atom is 0.308 e. The predicted octanol–water partition coefficient (Wildman–Crippen LogP) is 5.55. The van der Waals surface area contributed by atoms with E-state index in [1.807, 2.05) is 27.8 Å². The number of nitrogens with zero attached hydrogens (tertiary/aromatic N) is 4. The Bertz CT molecular complexity index is 1020. The van der Waals surface area contributed by atoms with Gasteiger partial charge in [0.25, 0.3) is 0 Å². The first kappa shape index (κ1) is 36.5. The van der Waals surface area contributed by atoms with Gasteiger partial charge in [-0.1, -0.05) is 48.5 Å². The number of piperidine rings is 1. The van der Waals surface area contributed by atoms with Crippen molar-refractivity contribution in [3.8, 4) is 0 Å². The Morgan fingerprint density at radius 2 is 1.64 bits per heavy atom. The number of aliphatic hydroxyl groups is 1. The summed E-state index contributed by atoms with van der Waals surface area (Å²) in [5.41, 5.74) is 2.47. The predicted molar refractivity (Wildman–Crippen MR) is 161 cm³/mol. The van der Waals surface area contributed by atoms with E-state index in [4.69, 9.17) is 5.11 Å². The quantitative estimate of drug-likeness (QED) is 0.401. The van der Waals surface area contributed by atoms with Gasteiger partial charge >= 0.3 is 5.97 Å². The van der Waals surface area contributed by atoms with Crippen LogP contribution in [0.15, 0.2) is 6.07 Å². The van der Waals surface area contributed by atoms with Gasteiger partial charge in [0.1, 0.15) is 11.5 Å². The first-order chi connectivity index (χ1) is 17.9. The molecule has 3 N–H and O–H groups in total. The van der Waals surface area contributed by atoms with Crippen molar-refractivity contribution in [2.75, 3.05) is 31.6 Å². The normalized spacial score (nSPS) is 14.7. The van der Waals surface area contributed by atoms with Crippen molar-refractivity contribution in [2.45, 2.75) is 107 Å². The second-order valence-corrected chi connectivity index (χ2v) is 12.8. The van der Waals surface area contributed by atoms with Crippen molar-refractivity contribution >= 4 is 23.7 Å². The molecular formula is C30H55N5O4. The number of rotatable bonds is 6. The number of carboxylic acid groups (broad SMARTS) is 1. The lowest BCUT2D eigenvalue weighted by molar-refractivity contribution is -0.136. The number of aromatic nitrogens is 3. The van der Waals surface area contributed by atoms with Crippen molar-refractivity contribution in [3.63, 3.8) is 0 Å². The number of carbonyl (C=O) groups is 2. The Balaban J connectivity index is 0.000000799. The molecule has 224 valence electrons. The smallest absolute Gasteiger partial charge is 0.308 e. The van der Waals surface area contributed by atoms with Crippen LogP contribution in [0.2, 0.25) is 0 Å². The van der Waals surface area contributed by atoms with Crippen molar-refractivity contribution in [2.24, 2.45) is 10.8 Å². The summed E-state index contributed by atoms with van der Waals surface area (Å²) < 4.78 is 1.62. The highest BCUT2D eigenvalue weighted by Crippen LogP contribution is 2.34. The molecule has 0 aromatic carbocycles. The number of aliphatic carboxylic acids is 1. The van der Waals surface area contributed by atoms with Gasteiger partial charge in [0.05, 0.1) is 12.0 Å². The third-order valence-corrected chi connectivity index (χ3v) is 5.89. The van der Waals surface area contributed by atoms with Crippen molar-refractivity contribution < 1.29 is 19.8 Å². The number of hydrogen-bond acceptors (Lipinski definition) is 7.